The lowest BCUT2D eigenvalue weighted by Crippen LogP contribution is -2.23. The molecule has 0 aromatic rings. The van der Waals surface area contributed by atoms with Gasteiger partial charge in [0.2, 0.25) is 0 Å². The van der Waals surface area contributed by atoms with Crippen LogP contribution >= 0.6 is 0 Å². The van der Waals surface area contributed by atoms with Crippen molar-refractivity contribution in [2.75, 3.05) is 13.4 Å². The zero-order chi connectivity index (χ0) is 14.0. The van der Waals surface area contributed by atoms with E-state index in [4.69, 9.17) is 9.47 Å². The van der Waals surface area contributed by atoms with E-state index in [0.29, 0.717) is 12.2 Å². The lowest BCUT2D eigenvalue weighted by Gasteiger charge is -2.25. The first-order valence-electron chi connectivity index (χ1n) is 6.50. The van der Waals surface area contributed by atoms with Crippen molar-refractivity contribution in [3.8, 4) is 0 Å². The summed E-state index contributed by atoms with van der Waals surface area (Å²) in [4.78, 5) is 11.8. The molecule has 0 amide bonds. The van der Waals surface area contributed by atoms with Crippen molar-refractivity contribution in [3.63, 3.8) is 0 Å². The minimum absolute atomic E-state index is 0.0467. The van der Waals surface area contributed by atoms with Crippen LogP contribution in [-0.2, 0) is 14.3 Å². The van der Waals surface area contributed by atoms with Gasteiger partial charge in [-0.25, -0.2) is 4.79 Å². The number of rotatable bonds is 10. The smallest absolute Gasteiger partial charge is 0.336 e. The third kappa shape index (κ3) is 6.60. The predicted octanol–water partition coefficient (Wildman–Crippen LogP) is 3.85. The Morgan fingerprint density at radius 1 is 1.33 bits per heavy atom. The Bertz CT molecular complexity index is 279. The van der Waals surface area contributed by atoms with Gasteiger partial charge in [-0.1, -0.05) is 52.7 Å². The van der Waals surface area contributed by atoms with Gasteiger partial charge >= 0.3 is 5.97 Å². The number of carbonyl (C=O) groups is 1. The Labute approximate surface area is 111 Å². The normalized spacial score (nSPS) is 11.1. The highest BCUT2D eigenvalue weighted by molar-refractivity contribution is 5.89. The molecule has 0 fully saturated rings. The van der Waals surface area contributed by atoms with Crippen LogP contribution in [0.5, 0.6) is 0 Å². The van der Waals surface area contributed by atoms with E-state index in [2.05, 4.69) is 20.1 Å². The fourth-order valence-electron chi connectivity index (χ4n) is 1.56. The molecule has 0 aromatic heterocycles. The minimum Gasteiger partial charge on any atom is -0.435 e. The van der Waals surface area contributed by atoms with Crippen LogP contribution in [0.15, 0.2) is 24.8 Å². The number of hydrogen-bond donors (Lipinski definition) is 0. The number of hydrogen-bond acceptors (Lipinski definition) is 3. The lowest BCUT2D eigenvalue weighted by atomic mass is 9.80. The maximum atomic E-state index is 11.8. The second-order valence-electron chi connectivity index (χ2n) is 5.03. The molecule has 0 saturated heterocycles. The molecular formula is C15H26O3. The molecule has 0 N–H and O–H groups in total. The monoisotopic (exact) mass is 254 g/mol. The Morgan fingerprint density at radius 3 is 2.56 bits per heavy atom. The molecule has 0 heterocycles. The summed E-state index contributed by atoms with van der Waals surface area (Å²) in [5.41, 5.74) is 0.297. The van der Waals surface area contributed by atoms with E-state index < -0.39 is 0 Å². The van der Waals surface area contributed by atoms with Crippen LogP contribution in [-0.4, -0.2) is 19.4 Å². The van der Waals surface area contributed by atoms with Gasteiger partial charge in [0.25, 0.3) is 0 Å². The topological polar surface area (TPSA) is 35.5 Å². The van der Waals surface area contributed by atoms with Crippen LogP contribution in [0, 0.1) is 5.41 Å². The summed E-state index contributed by atoms with van der Waals surface area (Å²) in [6.07, 6.45) is 6.00. The summed E-state index contributed by atoms with van der Waals surface area (Å²) in [5, 5.41) is 0. The maximum Gasteiger partial charge on any atom is 0.336 e. The molecule has 0 spiro atoms. The number of unbranched alkanes of at least 4 members (excludes halogenated alkanes) is 2. The van der Waals surface area contributed by atoms with Crippen LogP contribution in [0.3, 0.4) is 0 Å². The van der Waals surface area contributed by atoms with Crippen LogP contribution in [0.25, 0.3) is 0 Å². The summed E-state index contributed by atoms with van der Waals surface area (Å²) >= 11 is 0. The standard InChI is InChI=1S/C15H26O3/c1-6-8-9-10-15(4,5)13(3)14(16)18-12-17-11-7-2/h7H,2-3,6,8-12H2,1,4-5H3. The Balaban J connectivity index is 4.08. The number of esters is 1. The summed E-state index contributed by atoms with van der Waals surface area (Å²) < 4.78 is 10.0. The van der Waals surface area contributed by atoms with E-state index in [1.54, 1.807) is 6.08 Å². The van der Waals surface area contributed by atoms with Crippen LogP contribution in [0.1, 0.15) is 46.5 Å². The third-order valence-corrected chi connectivity index (χ3v) is 2.98. The van der Waals surface area contributed by atoms with Gasteiger partial charge in [-0.2, -0.15) is 0 Å². The van der Waals surface area contributed by atoms with Gasteiger partial charge in [0.15, 0.2) is 6.79 Å². The largest absolute Gasteiger partial charge is 0.435 e. The SMILES string of the molecule is C=CCOCOC(=O)C(=C)C(C)(C)CCCCC. The second kappa shape index (κ2) is 8.92. The van der Waals surface area contributed by atoms with Crippen molar-refractivity contribution in [3.05, 3.63) is 24.8 Å². The van der Waals surface area contributed by atoms with Crippen molar-refractivity contribution in [1.82, 2.24) is 0 Å². The summed E-state index contributed by atoms with van der Waals surface area (Å²) in [6, 6.07) is 0. The molecule has 18 heavy (non-hydrogen) atoms. The van der Waals surface area contributed by atoms with E-state index in [9.17, 15) is 4.79 Å². The van der Waals surface area contributed by atoms with Crippen molar-refractivity contribution in [1.29, 1.82) is 0 Å². The molecule has 0 radical (unpaired) electrons. The van der Waals surface area contributed by atoms with Gasteiger partial charge in [-0.3, -0.25) is 0 Å². The molecule has 0 bridgehead atoms. The average Bonchev–Trinajstić information content (AvgIpc) is 2.33. The zero-order valence-electron chi connectivity index (χ0n) is 12.0. The highest BCUT2D eigenvalue weighted by Gasteiger charge is 2.27. The van der Waals surface area contributed by atoms with Crippen LogP contribution in [0.4, 0.5) is 0 Å². The fraction of sp³-hybridized carbons (Fsp3) is 0.667. The highest BCUT2D eigenvalue weighted by Crippen LogP contribution is 2.32. The third-order valence-electron chi connectivity index (χ3n) is 2.98. The van der Waals surface area contributed by atoms with E-state index in [-0.39, 0.29) is 18.2 Å². The van der Waals surface area contributed by atoms with Crippen molar-refractivity contribution < 1.29 is 14.3 Å². The average molecular weight is 254 g/mol. The van der Waals surface area contributed by atoms with Crippen molar-refractivity contribution >= 4 is 5.97 Å². The maximum absolute atomic E-state index is 11.8. The molecule has 104 valence electrons. The first-order chi connectivity index (χ1) is 8.45. The lowest BCUT2D eigenvalue weighted by molar-refractivity contribution is -0.151. The Morgan fingerprint density at radius 2 is 2.00 bits per heavy atom. The van der Waals surface area contributed by atoms with Gasteiger partial charge < -0.3 is 9.47 Å². The zero-order valence-corrected chi connectivity index (χ0v) is 12.0. The fourth-order valence-corrected chi connectivity index (χ4v) is 1.56. The molecule has 0 aliphatic carbocycles. The predicted molar refractivity (Wildman–Crippen MR) is 74.2 cm³/mol. The van der Waals surface area contributed by atoms with E-state index in [1.807, 2.05) is 13.8 Å². The van der Waals surface area contributed by atoms with Gasteiger partial charge in [0, 0.05) is 5.57 Å². The summed E-state index contributed by atoms with van der Waals surface area (Å²) in [5.74, 6) is -0.374. The molecule has 0 rings (SSSR count). The molecule has 0 saturated carbocycles. The van der Waals surface area contributed by atoms with E-state index in [1.165, 1.54) is 12.8 Å². The van der Waals surface area contributed by atoms with Crippen molar-refractivity contribution in [2.24, 2.45) is 5.41 Å². The molecular weight excluding hydrogens is 228 g/mol. The molecule has 0 unspecified atom stereocenters. The van der Waals surface area contributed by atoms with Crippen molar-refractivity contribution in [2.45, 2.75) is 46.5 Å². The number of carbonyl (C=O) groups excluding carboxylic acids is 1. The molecule has 3 nitrogen and oxygen atoms in total. The molecule has 0 aliphatic heterocycles. The van der Waals surface area contributed by atoms with Gasteiger partial charge in [-0.15, -0.1) is 6.58 Å². The molecule has 0 atom stereocenters. The van der Waals surface area contributed by atoms with Gasteiger partial charge in [0.05, 0.1) is 6.61 Å². The van der Waals surface area contributed by atoms with E-state index in [0.717, 1.165) is 12.8 Å². The van der Waals surface area contributed by atoms with Gasteiger partial charge in [0.1, 0.15) is 0 Å². The van der Waals surface area contributed by atoms with Crippen LogP contribution < -0.4 is 0 Å². The van der Waals surface area contributed by atoms with E-state index >= 15 is 0 Å². The first kappa shape index (κ1) is 16.9. The first-order valence-corrected chi connectivity index (χ1v) is 6.50. The Kier molecular flexibility index (Phi) is 8.38. The summed E-state index contributed by atoms with van der Waals surface area (Å²) in [6.45, 7) is 13.9. The summed E-state index contributed by atoms with van der Waals surface area (Å²) in [7, 11) is 0. The van der Waals surface area contributed by atoms with Crippen LogP contribution in [0.2, 0.25) is 0 Å². The molecule has 0 aliphatic rings. The second-order valence-corrected chi connectivity index (χ2v) is 5.03. The molecule has 0 aromatic carbocycles. The quantitative estimate of drug-likeness (QED) is 0.195. The van der Waals surface area contributed by atoms with Gasteiger partial charge in [-0.05, 0) is 11.8 Å². The minimum atomic E-state index is -0.374. The highest BCUT2D eigenvalue weighted by atomic mass is 16.7. The number of ether oxygens (including phenoxy) is 2. The Hall–Kier alpha value is -1.09. The molecule has 3 heteroatoms.